The number of aryl methyl sites for hydroxylation is 1. The van der Waals surface area contributed by atoms with Crippen LogP contribution in [0.2, 0.25) is 5.02 Å². The number of nitrogens with zero attached hydrogens (tertiary/aromatic N) is 3. The fourth-order valence-corrected chi connectivity index (χ4v) is 1.18. The van der Waals surface area contributed by atoms with Gasteiger partial charge in [-0.2, -0.15) is 5.10 Å². The largest absolute Gasteiger partial charge is 0.433 e. The predicted molar refractivity (Wildman–Crippen MR) is 52.5 cm³/mol. The second kappa shape index (κ2) is 3.86. The van der Waals surface area contributed by atoms with Crippen molar-refractivity contribution < 1.29 is 9.13 Å². The Labute approximate surface area is 90.3 Å². The zero-order valence-corrected chi connectivity index (χ0v) is 8.57. The maximum absolute atomic E-state index is 13.2. The van der Waals surface area contributed by atoms with E-state index in [9.17, 15) is 4.39 Å². The molecule has 0 saturated heterocycles. The van der Waals surface area contributed by atoms with Crippen LogP contribution in [0, 0.1) is 5.82 Å². The van der Waals surface area contributed by atoms with Gasteiger partial charge >= 0.3 is 0 Å². The number of halogens is 2. The molecule has 15 heavy (non-hydrogen) atoms. The van der Waals surface area contributed by atoms with Crippen molar-refractivity contribution >= 4 is 11.6 Å². The van der Waals surface area contributed by atoms with Gasteiger partial charge < -0.3 is 4.74 Å². The normalized spacial score (nSPS) is 10.3. The maximum atomic E-state index is 13.2. The molecule has 0 aliphatic heterocycles. The first-order valence-electron chi connectivity index (χ1n) is 4.13. The Bertz CT molecular complexity index is 486. The lowest BCUT2D eigenvalue weighted by Gasteiger charge is -2.02. The van der Waals surface area contributed by atoms with Crippen molar-refractivity contribution in [2.24, 2.45) is 7.05 Å². The number of rotatable bonds is 2. The van der Waals surface area contributed by atoms with Gasteiger partial charge in [0, 0.05) is 13.2 Å². The predicted octanol–water partition coefficient (Wildman–Crippen LogP) is 2.40. The highest BCUT2D eigenvalue weighted by atomic mass is 35.5. The second-order valence-corrected chi connectivity index (χ2v) is 3.33. The van der Waals surface area contributed by atoms with Crippen LogP contribution in [0.3, 0.4) is 0 Å². The lowest BCUT2D eigenvalue weighted by atomic mass is 10.4. The smallest absolute Gasteiger partial charge is 0.256 e. The van der Waals surface area contributed by atoms with Crippen LogP contribution < -0.4 is 4.74 Å². The van der Waals surface area contributed by atoms with E-state index in [1.165, 1.54) is 12.4 Å². The third kappa shape index (κ3) is 2.24. The monoisotopic (exact) mass is 227 g/mol. The summed E-state index contributed by atoms with van der Waals surface area (Å²) in [5.41, 5.74) is 0. The number of hydrogen-bond donors (Lipinski definition) is 0. The fourth-order valence-electron chi connectivity index (χ4n) is 1.04. The van der Waals surface area contributed by atoms with E-state index in [1.807, 2.05) is 0 Å². The van der Waals surface area contributed by atoms with Gasteiger partial charge in [0.05, 0.1) is 17.4 Å². The Morgan fingerprint density at radius 2 is 2.27 bits per heavy atom. The molecule has 0 aliphatic carbocycles. The van der Waals surface area contributed by atoms with Gasteiger partial charge in [0.25, 0.3) is 5.88 Å². The van der Waals surface area contributed by atoms with Crippen LogP contribution in [0.1, 0.15) is 0 Å². The van der Waals surface area contributed by atoms with Gasteiger partial charge in [-0.1, -0.05) is 11.6 Å². The molecule has 0 unspecified atom stereocenters. The SMILES string of the molecule is Cn1cc(Oc2ncc(Cl)cc2F)cn1. The summed E-state index contributed by atoms with van der Waals surface area (Å²) in [7, 11) is 1.73. The molecular weight excluding hydrogens is 221 g/mol. The standard InChI is InChI=1S/C9H7ClFN3O/c1-14-5-7(4-13-14)15-9-8(11)2-6(10)3-12-9/h2-5H,1H3. The van der Waals surface area contributed by atoms with E-state index < -0.39 is 5.82 Å². The molecule has 0 atom stereocenters. The van der Waals surface area contributed by atoms with E-state index in [0.717, 1.165) is 6.07 Å². The lowest BCUT2D eigenvalue weighted by Crippen LogP contribution is -1.90. The van der Waals surface area contributed by atoms with Crippen molar-refractivity contribution in [3.8, 4) is 11.6 Å². The van der Waals surface area contributed by atoms with Gasteiger partial charge in [0.15, 0.2) is 11.6 Å². The lowest BCUT2D eigenvalue weighted by molar-refractivity contribution is 0.422. The molecule has 0 bridgehead atoms. The molecule has 0 amide bonds. The van der Waals surface area contributed by atoms with E-state index >= 15 is 0 Å². The van der Waals surface area contributed by atoms with Gasteiger partial charge in [-0.05, 0) is 6.07 Å². The summed E-state index contributed by atoms with van der Waals surface area (Å²) >= 11 is 5.55. The van der Waals surface area contributed by atoms with Crippen LogP contribution in [-0.4, -0.2) is 14.8 Å². The van der Waals surface area contributed by atoms with Crippen molar-refractivity contribution in [1.29, 1.82) is 0 Å². The van der Waals surface area contributed by atoms with Crippen LogP contribution in [0.25, 0.3) is 0 Å². The molecular formula is C9H7ClFN3O. The van der Waals surface area contributed by atoms with Crippen molar-refractivity contribution in [2.45, 2.75) is 0 Å². The Hall–Kier alpha value is -1.62. The Kier molecular flexibility index (Phi) is 2.55. The molecule has 0 fully saturated rings. The summed E-state index contributed by atoms with van der Waals surface area (Å²) in [6, 6.07) is 1.14. The average molecular weight is 228 g/mol. The number of pyridine rings is 1. The van der Waals surface area contributed by atoms with Crippen molar-refractivity contribution in [1.82, 2.24) is 14.8 Å². The van der Waals surface area contributed by atoms with Gasteiger partial charge in [-0.15, -0.1) is 0 Å². The Balaban J connectivity index is 2.24. The summed E-state index contributed by atoms with van der Waals surface area (Å²) in [5.74, 6) is -0.301. The molecule has 0 aliphatic rings. The van der Waals surface area contributed by atoms with Crippen molar-refractivity contribution in [3.05, 3.63) is 35.5 Å². The van der Waals surface area contributed by atoms with Gasteiger partial charge in [-0.3, -0.25) is 4.68 Å². The molecule has 0 aromatic carbocycles. The number of aromatic nitrogens is 3. The topological polar surface area (TPSA) is 39.9 Å². The highest BCUT2D eigenvalue weighted by Gasteiger charge is 2.07. The molecule has 2 aromatic heterocycles. The van der Waals surface area contributed by atoms with Crippen LogP contribution in [0.4, 0.5) is 4.39 Å². The minimum atomic E-state index is -0.605. The second-order valence-electron chi connectivity index (χ2n) is 2.89. The highest BCUT2D eigenvalue weighted by molar-refractivity contribution is 6.30. The maximum Gasteiger partial charge on any atom is 0.256 e. The van der Waals surface area contributed by atoms with Crippen molar-refractivity contribution in [2.75, 3.05) is 0 Å². The van der Waals surface area contributed by atoms with Gasteiger partial charge in [-0.25, -0.2) is 9.37 Å². The molecule has 4 nitrogen and oxygen atoms in total. The zero-order chi connectivity index (χ0) is 10.8. The molecule has 2 heterocycles. The van der Waals surface area contributed by atoms with Crippen LogP contribution >= 0.6 is 11.6 Å². The molecule has 2 aromatic rings. The van der Waals surface area contributed by atoms with Gasteiger partial charge in [0.2, 0.25) is 0 Å². The third-order valence-electron chi connectivity index (χ3n) is 1.67. The minimum Gasteiger partial charge on any atom is -0.433 e. The van der Waals surface area contributed by atoms with E-state index in [1.54, 1.807) is 17.9 Å². The van der Waals surface area contributed by atoms with Gasteiger partial charge in [0.1, 0.15) is 0 Å². The minimum absolute atomic E-state index is 0.118. The highest BCUT2D eigenvalue weighted by Crippen LogP contribution is 2.23. The quantitative estimate of drug-likeness (QED) is 0.791. The van der Waals surface area contributed by atoms with Crippen LogP contribution in [0.5, 0.6) is 11.6 Å². The number of hydrogen-bond acceptors (Lipinski definition) is 3. The average Bonchev–Trinajstić information content (AvgIpc) is 2.56. The molecule has 6 heteroatoms. The molecule has 0 saturated carbocycles. The Morgan fingerprint density at radius 1 is 1.47 bits per heavy atom. The molecule has 0 radical (unpaired) electrons. The van der Waals surface area contributed by atoms with E-state index in [0.29, 0.717) is 5.75 Å². The molecule has 0 spiro atoms. The fraction of sp³-hybridized carbons (Fsp3) is 0.111. The number of ether oxygens (including phenoxy) is 1. The first-order chi connectivity index (χ1) is 7.15. The molecule has 2 rings (SSSR count). The third-order valence-corrected chi connectivity index (χ3v) is 1.88. The van der Waals surface area contributed by atoms with Crippen LogP contribution in [-0.2, 0) is 7.05 Å². The summed E-state index contributed by atoms with van der Waals surface area (Å²) in [6.45, 7) is 0. The van der Waals surface area contributed by atoms with Crippen LogP contribution in [0.15, 0.2) is 24.7 Å². The van der Waals surface area contributed by atoms with E-state index in [2.05, 4.69) is 10.1 Å². The first-order valence-corrected chi connectivity index (χ1v) is 4.50. The first kappa shape index (κ1) is 9.92. The summed E-state index contributed by atoms with van der Waals surface area (Å²) in [4.78, 5) is 3.72. The molecule has 0 N–H and O–H groups in total. The summed E-state index contributed by atoms with van der Waals surface area (Å²) in [6.07, 6.45) is 4.39. The summed E-state index contributed by atoms with van der Waals surface area (Å²) < 4.78 is 19.9. The zero-order valence-electron chi connectivity index (χ0n) is 7.82. The molecule has 78 valence electrons. The van der Waals surface area contributed by atoms with E-state index in [4.69, 9.17) is 16.3 Å². The van der Waals surface area contributed by atoms with Crippen molar-refractivity contribution in [3.63, 3.8) is 0 Å². The Morgan fingerprint density at radius 3 is 2.87 bits per heavy atom. The van der Waals surface area contributed by atoms with E-state index in [-0.39, 0.29) is 10.9 Å². The summed E-state index contributed by atoms with van der Waals surface area (Å²) in [5, 5.41) is 4.10.